The van der Waals surface area contributed by atoms with Crippen LogP contribution in [0.25, 0.3) is 0 Å². The van der Waals surface area contributed by atoms with Crippen molar-refractivity contribution in [1.82, 2.24) is 4.90 Å². The van der Waals surface area contributed by atoms with Crippen LogP contribution in [-0.4, -0.2) is 41.4 Å². The summed E-state index contributed by atoms with van der Waals surface area (Å²) in [4.78, 5) is 23.2. The molecule has 0 N–H and O–H groups in total. The Morgan fingerprint density at radius 2 is 0.750 bits per heavy atom. The normalized spacial score (nSPS) is 13.8. The number of rotatable bonds is 7. The maximum Gasteiger partial charge on any atom is 1.00 e. The van der Waals surface area contributed by atoms with E-state index >= 15 is 0 Å². The summed E-state index contributed by atoms with van der Waals surface area (Å²) in [5.74, 6) is 0. The van der Waals surface area contributed by atoms with Crippen molar-refractivity contribution >= 4 is 7.82 Å². The summed E-state index contributed by atoms with van der Waals surface area (Å²) in [6.07, 6.45) is -22.1. The van der Waals surface area contributed by atoms with Crippen LogP contribution in [0.5, 0.6) is 0 Å². The summed E-state index contributed by atoms with van der Waals surface area (Å²) in [7, 11) is -5.39. The van der Waals surface area contributed by atoms with E-state index in [0.29, 0.717) is 0 Å². The third kappa shape index (κ3) is 10.9. The first-order valence-corrected chi connectivity index (χ1v) is 6.79. The molecule has 0 saturated heterocycles. The van der Waals surface area contributed by atoms with Gasteiger partial charge in [0.1, 0.15) is 0 Å². The first-order valence-electron chi connectivity index (χ1n) is 5.32. The van der Waals surface area contributed by atoms with E-state index in [0.717, 1.165) is 9.88 Å². The first-order chi connectivity index (χ1) is 12.2. The van der Waals surface area contributed by atoms with E-state index < -0.39 is 49.3 Å². The predicted molar refractivity (Wildman–Crippen MR) is 44.6 cm³/mol. The van der Waals surface area contributed by atoms with Gasteiger partial charge in [0.15, 0.2) is 0 Å². The number of phosphoric acid groups is 1. The van der Waals surface area contributed by atoms with Gasteiger partial charge in [0.2, 0.25) is 0 Å². The molecule has 0 bridgehead atoms. The molecule has 0 spiro atoms. The summed E-state index contributed by atoms with van der Waals surface area (Å²) < 4.78 is 193. The Hall–Kier alpha value is 1.94. The Labute approximate surface area is 231 Å². The molecule has 0 aliphatic rings. The molecule has 0 saturated carbocycles. The number of hydrogen-bond acceptors (Lipinski definition) is 7. The van der Waals surface area contributed by atoms with Crippen LogP contribution in [0.3, 0.4) is 0 Å². The van der Waals surface area contributed by atoms with E-state index in [1.54, 1.807) is 0 Å². The number of hydrogen-bond donors (Lipinski definition) is 0. The molecular formula is C6F15NNa3O6P. The molecule has 32 heavy (non-hydrogen) atoms. The van der Waals surface area contributed by atoms with E-state index in [2.05, 4.69) is 0 Å². The molecule has 0 aromatic carbocycles. The van der Waals surface area contributed by atoms with Crippen molar-refractivity contribution in [3.05, 3.63) is 0 Å². The predicted octanol–water partition coefficient (Wildman–Crippen LogP) is -7.20. The SMILES string of the molecule is FOC(F)(F)C(F)(F)N(C(F)(F)C(F)(F)F)C(F)(F)C(F)(F)OF.O=P([O-])([O-])[O-].[Na+].[Na+].[Na+]. The molecule has 0 fully saturated rings. The Bertz CT molecular complexity index is 566. The quantitative estimate of drug-likeness (QED) is 0.130. The topological polar surface area (TPSA) is 108 Å². The molecule has 0 aromatic heterocycles. The van der Waals surface area contributed by atoms with E-state index in [-0.39, 0.29) is 88.7 Å². The Balaban J connectivity index is -0.000000272. The van der Waals surface area contributed by atoms with E-state index in [4.69, 9.17) is 19.2 Å². The van der Waals surface area contributed by atoms with E-state index in [1.165, 1.54) is 0 Å². The van der Waals surface area contributed by atoms with Crippen LogP contribution < -0.4 is 103 Å². The van der Waals surface area contributed by atoms with Gasteiger partial charge in [-0.05, 0) is 9.05 Å². The van der Waals surface area contributed by atoms with Gasteiger partial charge in [-0.1, -0.05) is 4.90 Å². The smallest absolute Gasteiger partial charge is 0.822 e. The second kappa shape index (κ2) is 14.0. The third-order valence-electron chi connectivity index (χ3n) is 2.08. The first kappa shape index (κ1) is 44.0. The van der Waals surface area contributed by atoms with Gasteiger partial charge in [-0.3, -0.25) is 0 Å². The van der Waals surface area contributed by atoms with E-state index in [9.17, 15) is 66.1 Å². The van der Waals surface area contributed by atoms with Crippen molar-refractivity contribution in [1.29, 1.82) is 0 Å². The van der Waals surface area contributed by atoms with Crippen molar-refractivity contribution in [2.45, 2.75) is 36.5 Å². The summed E-state index contributed by atoms with van der Waals surface area (Å²) >= 11 is 0. The van der Waals surface area contributed by atoms with Gasteiger partial charge in [-0.15, -0.1) is 9.88 Å². The van der Waals surface area contributed by atoms with Crippen LogP contribution in [0.4, 0.5) is 66.1 Å². The van der Waals surface area contributed by atoms with E-state index in [1.807, 2.05) is 0 Å². The van der Waals surface area contributed by atoms with Crippen LogP contribution >= 0.6 is 7.82 Å². The fourth-order valence-electron chi connectivity index (χ4n) is 1.01. The minimum Gasteiger partial charge on any atom is -0.822 e. The second-order valence-corrected chi connectivity index (χ2v) is 4.99. The molecule has 0 aromatic rings. The molecule has 26 heteroatoms. The molecular weight excluding hydrogens is 567 g/mol. The number of halogens is 15. The van der Waals surface area contributed by atoms with Gasteiger partial charge in [0.25, 0.3) is 0 Å². The molecule has 0 heterocycles. The summed E-state index contributed by atoms with van der Waals surface area (Å²) in [6.45, 7) is 0. The zero-order valence-corrected chi connectivity index (χ0v) is 21.9. The molecule has 0 aliphatic carbocycles. The standard InChI is InChI=1S/C6F15NO2.3Na.H3O4P/c7-1(8,9)2(10,11)22(3(12,13)5(16,17)23-20)4(14,15)6(18,19)24-21;;;;1-5(2,3)4/h;;;;(H3,1,2,3,4)/q;3*+1;/p-3. The molecule has 0 radical (unpaired) electrons. The Morgan fingerprint density at radius 3 is 0.875 bits per heavy atom. The monoisotopic (exact) mass is 567 g/mol. The van der Waals surface area contributed by atoms with Gasteiger partial charge < -0.3 is 19.2 Å². The zero-order chi connectivity index (χ0) is 24.5. The van der Waals surface area contributed by atoms with Crippen molar-refractivity contribution in [2.75, 3.05) is 0 Å². The maximum absolute atomic E-state index is 12.9. The van der Waals surface area contributed by atoms with Crippen LogP contribution in [-0.2, 0) is 14.4 Å². The van der Waals surface area contributed by atoms with Crippen molar-refractivity contribution in [3.63, 3.8) is 0 Å². The fraction of sp³-hybridized carbons (Fsp3) is 1.00. The number of alkyl halides is 13. The number of nitrogens with zero attached hydrogens (tertiary/aromatic N) is 1. The minimum atomic E-state index is -7.88. The largest absolute Gasteiger partial charge is 1.00 e. The molecule has 0 unspecified atom stereocenters. The Morgan fingerprint density at radius 1 is 0.562 bits per heavy atom. The molecule has 7 nitrogen and oxygen atoms in total. The van der Waals surface area contributed by atoms with Gasteiger partial charge in [0.05, 0.1) is 0 Å². The zero-order valence-electron chi connectivity index (χ0n) is 15.0. The van der Waals surface area contributed by atoms with Gasteiger partial charge in [0, 0.05) is 0 Å². The fourth-order valence-corrected chi connectivity index (χ4v) is 1.01. The summed E-state index contributed by atoms with van der Waals surface area (Å²) in [6, 6.07) is -23.5. The average Bonchev–Trinajstić information content (AvgIpc) is 2.42. The third-order valence-corrected chi connectivity index (χ3v) is 2.08. The summed E-state index contributed by atoms with van der Waals surface area (Å²) in [5.41, 5.74) is 0. The van der Waals surface area contributed by atoms with Crippen LogP contribution in [0.1, 0.15) is 0 Å². The van der Waals surface area contributed by atoms with Gasteiger partial charge in [-0.25, -0.2) is 0 Å². The Kier molecular flexibility index (Phi) is 19.3. The van der Waals surface area contributed by atoms with Crippen molar-refractivity contribution < 1.29 is 184 Å². The van der Waals surface area contributed by atoms with Gasteiger partial charge in [-0.2, -0.15) is 64.9 Å². The second-order valence-electron chi connectivity index (χ2n) is 4.09. The van der Waals surface area contributed by atoms with Crippen LogP contribution in [0, 0.1) is 0 Å². The average molecular weight is 567 g/mol. The maximum atomic E-state index is 12.9. The molecule has 0 amide bonds. The van der Waals surface area contributed by atoms with Crippen molar-refractivity contribution in [2.24, 2.45) is 0 Å². The minimum absolute atomic E-state index is 0. The van der Waals surface area contributed by atoms with Crippen LogP contribution in [0.2, 0.25) is 0 Å². The summed E-state index contributed by atoms with van der Waals surface area (Å²) in [5, 5.41) is 0. The molecule has 178 valence electrons. The molecule has 0 aliphatic heterocycles. The van der Waals surface area contributed by atoms with Gasteiger partial charge >= 0.3 is 125 Å². The molecule has 0 rings (SSSR count). The van der Waals surface area contributed by atoms with Crippen LogP contribution in [0.15, 0.2) is 0 Å². The van der Waals surface area contributed by atoms with Crippen molar-refractivity contribution in [3.8, 4) is 0 Å². The molecule has 0 atom stereocenters.